The minimum absolute atomic E-state index is 0.138. The monoisotopic (exact) mass is 359 g/mol. The first-order valence-electron chi connectivity index (χ1n) is 7.48. The van der Waals surface area contributed by atoms with E-state index < -0.39 is 0 Å². The van der Waals surface area contributed by atoms with E-state index in [1.165, 1.54) is 0 Å². The number of nitrogens with zero attached hydrogens (tertiary/aromatic N) is 1. The van der Waals surface area contributed by atoms with Crippen molar-refractivity contribution in [3.05, 3.63) is 65.5 Å². The number of allylic oxidation sites excluding steroid dienone is 4. The van der Waals surface area contributed by atoms with Crippen molar-refractivity contribution < 1.29 is 4.79 Å². The molecular formula is C18H21N3OS2. The Morgan fingerprint density at radius 3 is 2.88 bits per heavy atom. The topological polar surface area (TPSA) is 68.0 Å². The summed E-state index contributed by atoms with van der Waals surface area (Å²) < 4.78 is -0.306. The van der Waals surface area contributed by atoms with Crippen LogP contribution in [-0.4, -0.2) is 15.6 Å². The molecule has 24 heavy (non-hydrogen) atoms. The van der Waals surface area contributed by atoms with Gasteiger partial charge in [-0.1, -0.05) is 30.4 Å². The number of anilines is 1. The highest BCUT2D eigenvalue weighted by Crippen LogP contribution is 2.23. The molecule has 0 saturated carbocycles. The van der Waals surface area contributed by atoms with Crippen LogP contribution < -0.4 is 11.1 Å². The zero-order chi connectivity index (χ0) is 17.7. The summed E-state index contributed by atoms with van der Waals surface area (Å²) in [6.07, 6.45) is 11.5. The van der Waals surface area contributed by atoms with Crippen molar-refractivity contribution in [3.8, 4) is 0 Å². The summed E-state index contributed by atoms with van der Waals surface area (Å²) in [5, 5.41) is 2.80. The predicted molar refractivity (Wildman–Crippen MR) is 107 cm³/mol. The summed E-state index contributed by atoms with van der Waals surface area (Å²) >= 11 is 8.87. The van der Waals surface area contributed by atoms with Crippen LogP contribution in [0.25, 0.3) is 4.91 Å². The molecule has 0 aromatic carbocycles. The van der Waals surface area contributed by atoms with E-state index in [1.54, 1.807) is 25.3 Å². The van der Waals surface area contributed by atoms with Gasteiger partial charge in [-0.15, -0.1) is 12.6 Å². The number of hydrogen-bond acceptors (Lipinski definition) is 5. The Labute approximate surface area is 153 Å². The zero-order valence-corrected chi connectivity index (χ0v) is 15.4. The lowest BCUT2D eigenvalue weighted by Crippen LogP contribution is -2.13. The van der Waals surface area contributed by atoms with E-state index in [0.29, 0.717) is 16.4 Å². The number of thiol groups is 2. The molecule has 0 saturated heterocycles. The Kier molecular flexibility index (Phi) is 5.96. The van der Waals surface area contributed by atoms with E-state index in [9.17, 15) is 4.79 Å². The third-order valence-electron chi connectivity index (χ3n) is 3.42. The van der Waals surface area contributed by atoms with Gasteiger partial charge in [-0.3, -0.25) is 4.79 Å². The first-order chi connectivity index (χ1) is 11.3. The normalized spacial score (nSPS) is 20.9. The van der Waals surface area contributed by atoms with Crippen molar-refractivity contribution in [2.24, 2.45) is 5.73 Å². The van der Waals surface area contributed by atoms with Crippen molar-refractivity contribution in [3.63, 3.8) is 0 Å². The molecule has 0 radical (unpaired) electrons. The molecule has 1 unspecified atom stereocenters. The lowest BCUT2D eigenvalue weighted by molar-refractivity contribution is -0.115. The second-order valence-corrected chi connectivity index (χ2v) is 7.26. The SMILES string of the molecule is C/C(N)=C(/S)c1ccnc(NC(=O)CC2=CC=CC(C)(S)C=C2)c1. The van der Waals surface area contributed by atoms with E-state index in [2.05, 4.69) is 35.6 Å². The van der Waals surface area contributed by atoms with Crippen LogP contribution in [0.1, 0.15) is 25.8 Å². The molecule has 3 N–H and O–H groups in total. The molecule has 1 atom stereocenters. The number of pyridine rings is 1. The maximum Gasteiger partial charge on any atom is 0.229 e. The van der Waals surface area contributed by atoms with Gasteiger partial charge in [0.2, 0.25) is 5.91 Å². The Bertz CT molecular complexity index is 757. The highest BCUT2D eigenvalue weighted by molar-refractivity contribution is 7.90. The predicted octanol–water partition coefficient (Wildman–Crippen LogP) is 3.73. The summed E-state index contributed by atoms with van der Waals surface area (Å²) in [5.41, 5.74) is 8.07. The third kappa shape index (κ3) is 5.32. The van der Waals surface area contributed by atoms with Crippen LogP contribution in [0.2, 0.25) is 0 Å². The quantitative estimate of drug-likeness (QED) is 0.619. The van der Waals surface area contributed by atoms with Crippen molar-refractivity contribution in [1.82, 2.24) is 4.98 Å². The van der Waals surface area contributed by atoms with Crippen molar-refractivity contribution in [2.45, 2.75) is 25.0 Å². The van der Waals surface area contributed by atoms with Crippen LogP contribution in [0, 0.1) is 0 Å². The average Bonchev–Trinajstić information content (AvgIpc) is 2.67. The molecule has 1 heterocycles. The number of nitrogens with two attached hydrogens (primary N) is 1. The van der Waals surface area contributed by atoms with Crippen molar-refractivity contribution >= 4 is 41.9 Å². The molecule has 4 nitrogen and oxygen atoms in total. The molecule has 1 aromatic heterocycles. The van der Waals surface area contributed by atoms with E-state index in [-0.39, 0.29) is 17.1 Å². The number of amides is 1. The minimum Gasteiger partial charge on any atom is -0.401 e. The summed E-state index contributed by atoms with van der Waals surface area (Å²) in [6, 6.07) is 3.54. The number of nitrogens with one attached hydrogen (secondary N) is 1. The molecule has 1 aliphatic rings. The summed E-state index contributed by atoms with van der Waals surface area (Å²) in [6.45, 7) is 3.76. The van der Waals surface area contributed by atoms with Gasteiger partial charge in [0.1, 0.15) is 5.82 Å². The number of aromatic nitrogens is 1. The largest absolute Gasteiger partial charge is 0.401 e. The van der Waals surface area contributed by atoms with E-state index in [4.69, 9.17) is 5.73 Å². The Balaban J connectivity index is 2.06. The maximum atomic E-state index is 12.2. The molecule has 6 heteroatoms. The Hall–Kier alpha value is -1.92. The van der Waals surface area contributed by atoms with Crippen LogP contribution in [0.4, 0.5) is 5.82 Å². The molecular weight excluding hydrogens is 338 g/mol. The Morgan fingerprint density at radius 2 is 2.17 bits per heavy atom. The second-order valence-electron chi connectivity index (χ2n) is 5.85. The van der Waals surface area contributed by atoms with Gasteiger partial charge in [-0.25, -0.2) is 4.98 Å². The average molecular weight is 360 g/mol. The lowest BCUT2D eigenvalue weighted by Gasteiger charge is -2.11. The summed E-state index contributed by atoms with van der Waals surface area (Å²) in [4.78, 5) is 17.1. The van der Waals surface area contributed by atoms with Gasteiger partial charge in [0.05, 0.1) is 6.42 Å². The number of carbonyl (C=O) groups excluding carboxylic acids is 1. The van der Waals surface area contributed by atoms with Crippen molar-refractivity contribution in [1.29, 1.82) is 0 Å². The van der Waals surface area contributed by atoms with Crippen LogP contribution in [0.3, 0.4) is 0 Å². The van der Waals surface area contributed by atoms with Gasteiger partial charge in [0, 0.05) is 21.5 Å². The second kappa shape index (κ2) is 7.77. The summed E-state index contributed by atoms with van der Waals surface area (Å²) in [5.74, 6) is 0.332. The molecule has 1 amide bonds. The first-order valence-corrected chi connectivity index (χ1v) is 8.38. The molecule has 0 fully saturated rings. The maximum absolute atomic E-state index is 12.2. The molecule has 0 aliphatic heterocycles. The fraction of sp³-hybridized carbons (Fsp3) is 0.222. The van der Waals surface area contributed by atoms with Crippen LogP contribution >= 0.6 is 25.3 Å². The molecule has 126 valence electrons. The Morgan fingerprint density at radius 1 is 1.42 bits per heavy atom. The smallest absolute Gasteiger partial charge is 0.229 e. The minimum atomic E-state index is -0.306. The highest BCUT2D eigenvalue weighted by atomic mass is 32.1. The molecule has 1 aliphatic carbocycles. The van der Waals surface area contributed by atoms with Gasteiger partial charge >= 0.3 is 0 Å². The number of carbonyl (C=O) groups is 1. The van der Waals surface area contributed by atoms with Gasteiger partial charge in [-0.05, 0) is 37.1 Å². The number of hydrogen-bond donors (Lipinski definition) is 4. The summed E-state index contributed by atoms with van der Waals surface area (Å²) in [7, 11) is 0. The van der Waals surface area contributed by atoms with Gasteiger partial charge < -0.3 is 11.1 Å². The third-order valence-corrected chi connectivity index (χ3v) is 4.33. The molecule has 0 spiro atoms. The molecule has 2 rings (SSSR count). The highest BCUT2D eigenvalue weighted by Gasteiger charge is 2.13. The van der Waals surface area contributed by atoms with Gasteiger partial charge in [-0.2, -0.15) is 12.6 Å². The first kappa shape index (κ1) is 18.4. The lowest BCUT2D eigenvalue weighted by atomic mass is 10.1. The van der Waals surface area contributed by atoms with Gasteiger partial charge in [0.25, 0.3) is 0 Å². The number of rotatable bonds is 4. The fourth-order valence-electron chi connectivity index (χ4n) is 2.12. The van der Waals surface area contributed by atoms with Crippen LogP contribution in [-0.2, 0) is 4.79 Å². The molecule has 1 aromatic rings. The van der Waals surface area contributed by atoms with E-state index in [0.717, 1.165) is 11.1 Å². The standard InChI is InChI=1S/C18H21N3OS2/c1-12(19)17(23)14-6-9-20-15(11-14)21-16(22)10-13-4-3-7-18(2,24)8-5-13/h3-9,11,23-24H,10,19H2,1-2H3,(H,20,21,22)/b17-12-. The fourth-order valence-corrected chi connectivity index (χ4v) is 2.42. The zero-order valence-electron chi connectivity index (χ0n) is 13.7. The van der Waals surface area contributed by atoms with Crippen molar-refractivity contribution in [2.75, 3.05) is 5.32 Å². The van der Waals surface area contributed by atoms with Gasteiger partial charge in [0.15, 0.2) is 0 Å². The van der Waals surface area contributed by atoms with E-state index in [1.807, 2.05) is 37.3 Å². The molecule has 0 bridgehead atoms. The van der Waals surface area contributed by atoms with Crippen LogP contribution in [0.15, 0.2) is 60.0 Å². The van der Waals surface area contributed by atoms with E-state index >= 15 is 0 Å². The van der Waals surface area contributed by atoms with Crippen LogP contribution in [0.5, 0.6) is 0 Å².